The zero-order chi connectivity index (χ0) is 19.0. The monoisotopic (exact) mass is 388 g/mol. The molecule has 3 fully saturated rings. The van der Waals surface area contributed by atoms with Crippen molar-refractivity contribution in [2.75, 3.05) is 18.8 Å². The molecule has 3 saturated heterocycles. The van der Waals surface area contributed by atoms with Gasteiger partial charge >= 0.3 is 5.97 Å². The topological polar surface area (TPSA) is 66.9 Å². The summed E-state index contributed by atoms with van der Waals surface area (Å²) in [4.78, 5) is 40.8. The molecule has 4 rings (SSSR count). The van der Waals surface area contributed by atoms with E-state index < -0.39 is 23.0 Å². The van der Waals surface area contributed by atoms with Crippen LogP contribution in [0.25, 0.3) is 0 Å². The Hall–Kier alpha value is -2.02. The third kappa shape index (κ3) is 3.12. The lowest BCUT2D eigenvalue weighted by Gasteiger charge is -2.34. The van der Waals surface area contributed by atoms with Crippen LogP contribution in [0.5, 0.6) is 0 Å². The molecule has 0 aromatic heterocycles. The second-order valence-electron chi connectivity index (χ2n) is 7.35. The van der Waals surface area contributed by atoms with Crippen LogP contribution in [0.15, 0.2) is 30.3 Å². The molecular formula is C20H24N2O4S. The summed E-state index contributed by atoms with van der Waals surface area (Å²) in [6, 6.07) is 9.22. The highest BCUT2D eigenvalue weighted by Gasteiger charge is 2.57. The molecule has 0 N–H and O–H groups in total. The molecule has 7 heteroatoms. The number of fused-ring (bicyclic) bond motifs is 1. The van der Waals surface area contributed by atoms with Gasteiger partial charge in [0.05, 0.1) is 0 Å². The molecule has 0 unspecified atom stereocenters. The number of nitrogens with zero attached hydrogens (tertiary/aromatic N) is 2. The molecule has 1 aromatic carbocycles. The number of hydrogen-bond donors (Lipinski definition) is 0. The van der Waals surface area contributed by atoms with Crippen molar-refractivity contribution in [3.05, 3.63) is 35.9 Å². The fraction of sp³-hybridized carbons (Fsp3) is 0.550. The quantitative estimate of drug-likeness (QED) is 0.740. The van der Waals surface area contributed by atoms with Gasteiger partial charge in [-0.1, -0.05) is 30.3 Å². The number of hydrogen-bond acceptors (Lipinski definition) is 5. The van der Waals surface area contributed by atoms with Gasteiger partial charge in [-0.05, 0) is 31.7 Å². The minimum absolute atomic E-state index is 0.0238. The molecule has 0 aliphatic carbocycles. The van der Waals surface area contributed by atoms with Crippen LogP contribution in [-0.4, -0.2) is 58.6 Å². The third-order valence-corrected chi connectivity index (χ3v) is 7.28. The first-order valence-corrected chi connectivity index (χ1v) is 10.5. The van der Waals surface area contributed by atoms with E-state index in [1.54, 1.807) is 28.5 Å². The molecule has 6 nitrogen and oxygen atoms in total. The SMILES string of the molecule is C[C@H](OC(=O)[C@@H]1CS[C@@]2(c3ccccc3)CCC(=O)N12)C(=O)N1CCCC1. The Bertz CT molecular complexity index is 750. The van der Waals surface area contributed by atoms with E-state index in [1.165, 1.54) is 0 Å². The zero-order valence-corrected chi connectivity index (χ0v) is 16.2. The maximum absolute atomic E-state index is 12.8. The number of benzene rings is 1. The van der Waals surface area contributed by atoms with E-state index in [0.29, 0.717) is 18.6 Å². The van der Waals surface area contributed by atoms with Crippen LogP contribution < -0.4 is 0 Å². The largest absolute Gasteiger partial charge is 0.451 e. The minimum Gasteiger partial charge on any atom is -0.451 e. The molecule has 0 bridgehead atoms. The van der Waals surface area contributed by atoms with Crippen LogP contribution in [0.3, 0.4) is 0 Å². The van der Waals surface area contributed by atoms with E-state index in [2.05, 4.69) is 0 Å². The molecular weight excluding hydrogens is 364 g/mol. The Labute approximate surface area is 163 Å². The Morgan fingerprint density at radius 1 is 1.22 bits per heavy atom. The second-order valence-corrected chi connectivity index (χ2v) is 8.65. The van der Waals surface area contributed by atoms with E-state index in [1.807, 2.05) is 30.3 Å². The second kappa shape index (κ2) is 7.19. The number of ether oxygens (including phenoxy) is 1. The Morgan fingerprint density at radius 2 is 1.93 bits per heavy atom. The highest BCUT2D eigenvalue weighted by molar-refractivity contribution is 8.00. The standard InChI is InChI=1S/C20H24N2O4S/c1-14(18(24)21-11-5-6-12-21)26-19(25)16-13-27-20(10-9-17(23)22(16)20)15-7-3-2-4-8-15/h2-4,7-8,14,16H,5-6,9-13H2,1H3/t14-,16-,20+/m0/s1. The summed E-state index contributed by atoms with van der Waals surface area (Å²) in [7, 11) is 0. The van der Waals surface area contributed by atoms with E-state index in [-0.39, 0.29) is 11.8 Å². The summed E-state index contributed by atoms with van der Waals surface area (Å²) < 4.78 is 5.51. The minimum atomic E-state index is -0.815. The van der Waals surface area contributed by atoms with Gasteiger partial charge in [0.15, 0.2) is 6.10 Å². The molecule has 0 saturated carbocycles. The maximum Gasteiger partial charge on any atom is 0.330 e. The number of esters is 1. The molecule has 3 heterocycles. The number of carbonyl (C=O) groups excluding carboxylic acids is 3. The molecule has 0 spiro atoms. The van der Waals surface area contributed by atoms with Crippen molar-refractivity contribution in [2.45, 2.75) is 49.6 Å². The summed E-state index contributed by atoms with van der Waals surface area (Å²) in [5, 5.41) is 0. The van der Waals surface area contributed by atoms with Crippen molar-refractivity contribution in [3.63, 3.8) is 0 Å². The summed E-state index contributed by atoms with van der Waals surface area (Å²) in [5.41, 5.74) is 1.04. The highest BCUT2D eigenvalue weighted by atomic mass is 32.2. The van der Waals surface area contributed by atoms with Gasteiger partial charge in [0.1, 0.15) is 10.9 Å². The van der Waals surface area contributed by atoms with Gasteiger partial charge in [-0.3, -0.25) is 9.59 Å². The van der Waals surface area contributed by atoms with Gasteiger partial charge < -0.3 is 14.5 Å². The Morgan fingerprint density at radius 3 is 2.63 bits per heavy atom. The molecule has 3 aliphatic heterocycles. The molecule has 0 radical (unpaired) electrons. The lowest BCUT2D eigenvalue weighted by atomic mass is 10.0. The van der Waals surface area contributed by atoms with Crippen LogP contribution in [0.1, 0.15) is 38.2 Å². The van der Waals surface area contributed by atoms with Crippen molar-refractivity contribution in [2.24, 2.45) is 0 Å². The van der Waals surface area contributed by atoms with Crippen LogP contribution in [0.4, 0.5) is 0 Å². The maximum atomic E-state index is 12.8. The van der Waals surface area contributed by atoms with Crippen molar-refractivity contribution < 1.29 is 19.1 Å². The normalized spacial score (nSPS) is 28.3. The summed E-state index contributed by atoms with van der Waals surface area (Å²) in [6.45, 7) is 3.07. The van der Waals surface area contributed by atoms with Gasteiger partial charge in [-0.25, -0.2) is 4.79 Å². The summed E-state index contributed by atoms with van der Waals surface area (Å²) in [5.74, 6) is -0.155. The zero-order valence-electron chi connectivity index (χ0n) is 15.4. The molecule has 2 amide bonds. The lowest BCUT2D eigenvalue weighted by Crippen LogP contribution is -2.48. The number of thioether (sulfide) groups is 1. The van der Waals surface area contributed by atoms with Crippen molar-refractivity contribution in [1.29, 1.82) is 0 Å². The first-order chi connectivity index (χ1) is 13.0. The fourth-order valence-electron chi connectivity index (χ4n) is 4.31. The van der Waals surface area contributed by atoms with Gasteiger partial charge in [0, 0.05) is 25.3 Å². The van der Waals surface area contributed by atoms with Gasteiger partial charge in [0.25, 0.3) is 5.91 Å². The van der Waals surface area contributed by atoms with Gasteiger partial charge in [0.2, 0.25) is 5.91 Å². The molecule has 27 heavy (non-hydrogen) atoms. The Balaban J connectivity index is 1.50. The van der Waals surface area contributed by atoms with Crippen molar-refractivity contribution in [3.8, 4) is 0 Å². The summed E-state index contributed by atoms with van der Waals surface area (Å²) >= 11 is 1.62. The van der Waals surface area contributed by atoms with E-state index in [9.17, 15) is 14.4 Å². The van der Waals surface area contributed by atoms with Crippen LogP contribution >= 0.6 is 11.8 Å². The molecule has 144 valence electrons. The van der Waals surface area contributed by atoms with Gasteiger partial charge in [-0.2, -0.15) is 0 Å². The average Bonchev–Trinajstić information content (AvgIpc) is 3.40. The van der Waals surface area contributed by atoms with E-state index in [0.717, 1.165) is 31.5 Å². The van der Waals surface area contributed by atoms with E-state index >= 15 is 0 Å². The van der Waals surface area contributed by atoms with Crippen molar-refractivity contribution in [1.82, 2.24) is 9.80 Å². The predicted molar refractivity (Wildman–Crippen MR) is 102 cm³/mol. The summed E-state index contributed by atoms with van der Waals surface area (Å²) in [6.07, 6.45) is 2.28. The number of likely N-dealkylation sites (tertiary alicyclic amines) is 1. The Kier molecular flexibility index (Phi) is 4.88. The first kappa shape index (κ1) is 18.3. The van der Waals surface area contributed by atoms with E-state index in [4.69, 9.17) is 4.74 Å². The predicted octanol–water partition coefficient (Wildman–Crippen LogP) is 2.13. The van der Waals surface area contributed by atoms with Crippen LogP contribution in [0, 0.1) is 0 Å². The smallest absolute Gasteiger partial charge is 0.330 e. The molecule has 1 aromatic rings. The number of rotatable bonds is 4. The fourth-order valence-corrected chi connectivity index (χ4v) is 5.95. The van der Waals surface area contributed by atoms with Crippen LogP contribution in [0.2, 0.25) is 0 Å². The van der Waals surface area contributed by atoms with Crippen LogP contribution in [-0.2, 0) is 24.0 Å². The average molecular weight is 388 g/mol. The molecule has 3 atom stereocenters. The molecule has 3 aliphatic rings. The van der Waals surface area contributed by atoms with Gasteiger partial charge in [-0.15, -0.1) is 11.8 Å². The highest BCUT2D eigenvalue weighted by Crippen LogP contribution is 2.54. The number of amides is 2. The number of carbonyl (C=O) groups is 3. The lowest BCUT2D eigenvalue weighted by molar-refractivity contribution is -0.164. The van der Waals surface area contributed by atoms with Crippen molar-refractivity contribution >= 4 is 29.5 Å². The first-order valence-electron chi connectivity index (χ1n) is 9.54. The third-order valence-electron chi connectivity index (χ3n) is 5.68.